The molecule has 0 spiro atoms. The Kier molecular flexibility index (Phi) is 4.14. The zero-order chi connectivity index (χ0) is 13.2. The van der Waals surface area contributed by atoms with E-state index < -0.39 is 17.7 Å². The van der Waals surface area contributed by atoms with Gasteiger partial charge in [0.25, 0.3) is 0 Å². The first kappa shape index (κ1) is 14.0. The van der Waals surface area contributed by atoms with Crippen molar-refractivity contribution in [1.82, 2.24) is 4.90 Å². The van der Waals surface area contributed by atoms with Crippen LogP contribution in [-0.4, -0.2) is 48.2 Å². The Hall–Kier alpha value is -1.10. The van der Waals surface area contributed by atoms with Gasteiger partial charge < -0.3 is 9.47 Å². The quantitative estimate of drug-likeness (QED) is 0.739. The monoisotopic (exact) mass is 243 g/mol. The van der Waals surface area contributed by atoms with Crippen LogP contribution < -0.4 is 0 Å². The lowest BCUT2D eigenvalue weighted by molar-refractivity contribution is -0.121. The van der Waals surface area contributed by atoms with Gasteiger partial charge in [0.15, 0.2) is 5.78 Å². The van der Waals surface area contributed by atoms with E-state index in [9.17, 15) is 9.59 Å². The Morgan fingerprint density at radius 3 is 2.29 bits per heavy atom. The summed E-state index contributed by atoms with van der Waals surface area (Å²) in [5, 5.41) is 0. The van der Waals surface area contributed by atoms with Crippen LogP contribution in [0.15, 0.2) is 0 Å². The van der Waals surface area contributed by atoms with Crippen LogP contribution in [0, 0.1) is 0 Å². The van der Waals surface area contributed by atoms with Crippen LogP contribution in [0.25, 0.3) is 0 Å². The summed E-state index contributed by atoms with van der Waals surface area (Å²) in [5.74, 6) is -0.0320. The molecule has 1 fully saturated rings. The van der Waals surface area contributed by atoms with Gasteiger partial charge in [-0.2, -0.15) is 0 Å². The van der Waals surface area contributed by atoms with Crippen LogP contribution in [0.5, 0.6) is 0 Å². The standard InChI is InChI=1S/C12H21NO4/c1-8(14)10-6-9(16-5)7-13(10)11(15)17-12(2,3)4/h9-10H,6-7H2,1-5H3/t9-,10+/m1/s1. The second kappa shape index (κ2) is 5.04. The summed E-state index contributed by atoms with van der Waals surface area (Å²) in [6.07, 6.45) is 0.0131. The minimum absolute atomic E-state index is 0.0320. The van der Waals surface area contributed by atoms with Crippen LogP contribution in [0.2, 0.25) is 0 Å². The summed E-state index contributed by atoms with van der Waals surface area (Å²) in [5.41, 5.74) is -0.552. The lowest BCUT2D eigenvalue weighted by Gasteiger charge is -2.27. The van der Waals surface area contributed by atoms with E-state index in [2.05, 4.69) is 0 Å². The number of methoxy groups -OCH3 is 1. The van der Waals surface area contributed by atoms with Gasteiger partial charge in [0, 0.05) is 13.5 Å². The molecular formula is C12H21NO4. The molecule has 0 radical (unpaired) electrons. The normalized spacial score (nSPS) is 24.9. The molecule has 5 heteroatoms. The number of ether oxygens (including phenoxy) is 2. The van der Waals surface area contributed by atoms with E-state index in [1.54, 1.807) is 27.9 Å². The maximum Gasteiger partial charge on any atom is 0.410 e. The summed E-state index contributed by atoms with van der Waals surface area (Å²) in [6.45, 7) is 7.31. The zero-order valence-corrected chi connectivity index (χ0v) is 11.1. The lowest BCUT2D eigenvalue weighted by atomic mass is 10.1. The number of carbonyl (C=O) groups is 2. The summed E-state index contributed by atoms with van der Waals surface area (Å²) in [4.78, 5) is 24.9. The van der Waals surface area contributed by atoms with Gasteiger partial charge >= 0.3 is 6.09 Å². The number of amides is 1. The van der Waals surface area contributed by atoms with Crippen LogP contribution in [0.3, 0.4) is 0 Å². The summed E-state index contributed by atoms with van der Waals surface area (Å²) in [7, 11) is 1.58. The van der Waals surface area contributed by atoms with Crippen LogP contribution >= 0.6 is 0 Å². The molecule has 0 aromatic rings. The molecule has 1 heterocycles. The van der Waals surface area contributed by atoms with E-state index in [-0.39, 0.29) is 11.9 Å². The molecule has 1 aliphatic heterocycles. The Balaban J connectivity index is 2.73. The highest BCUT2D eigenvalue weighted by molar-refractivity contribution is 5.86. The van der Waals surface area contributed by atoms with Crippen molar-refractivity contribution in [2.24, 2.45) is 0 Å². The predicted molar refractivity (Wildman–Crippen MR) is 62.8 cm³/mol. The van der Waals surface area contributed by atoms with Gasteiger partial charge in [-0.1, -0.05) is 0 Å². The molecule has 0 bridgehead atoms. The largest absolute Gasteiger partial charge is 0.444 e. The van der Waals surface area contributed by atoms with Gasteiger partial charge in [-0.15, -0.1) is 0 Å². The second-order valence-corrected chi connectivity index (χ2v) is 5.35. The molecule has 0 aromatic heterocycles. The highest BCUT2D eigenvalue weighted by atomic mass is 16.6. The molecule has 1 aliphatic rings. The molecule has 98 valence electrons. The van der Waals surface area contributed by atoms with Crippen LogP contribution in [0.4, 0.5) is 4.79 Å². The molecule has 1 saturated heterocycles. The van der Waals surface area contributed by atoms with Crippen molar-refractivity contribution in [2.45, 2.75) is 51.9 Å². The van der Waals surface area contributed by atoms with Crippen LogP contribution in [0.1, 0.15) is 34.1 Å². The maximum atomic E-state index is 11.9. The average Bonchev–Trinajstić information content (AvgIpc) is 2.58. The average molecular weight is 243 g/mol. The number of hydrogen-bond donors (Lipinski definition) is 0. The molecule has 0 aliphatic carbocycles. The number of hydrogen-bond acceptors (Lipinski definition) is 4. The summed E-state index contributed by atoms with van der Waals surface area (Å²) >= 11 is 0. The molecule has 0 aromatic carbocycles. The minimum atomic E-state index is -0.552. The van der Waals surface area contributed by atoms with Crippen molar-refractivity contribution < 1.29 is 19.1 Å². The van der Waals surface area contributed by atoms with E-state index in [1.807, 2.05) is 0 Å². The van der Waals surface area contributed by atoms with Gasteiger partial charge in [0.05, 0.1) is 18.7 Å². The molecular weight excluding hydrogens is 222 g/mol. The van der Waals surface area contributed by atoms with E-state index in [0.717, 1.165) is 0 Å². The summed E-state index contributed by atoms with van der Waals surface area (Å²) < 4.78 is 10.5. The fourth-order valence-electron chi connectivity index (χ4n) is 1.88. The van der Waals surface area contributed by atoms with Crippen molar-refractivity contribution in [3.8, 4) is 0 Å². The van der Waals surface area contributed by atoms with Crippen molar-refractivity contribution >= 4 is 11.9 Å². The highest BCUT2D eigenvalue weighted by Gasteiger charge is 2.39. The molecule has 17 heavy (non-hydrogen) atoms. The summed E-state index contributed by atoms with van der Waals surface area (Å²) in [6, 6.07) is -0.421. The van der Waals surface area contributed by atoms with Gasteiger partial charge in [-0.05, 0) is 27.7 Å². The topological polar surface area (TPSA) is 55.8 Å². The first-order valence-corrected chi connectivity index (χ1v) is 5.77. The van der Waals surface area contributed by atoms with Crippen molar-refractivity contribution in [3.05, 3.63) is 0 Å². The third-order valence-corrected chi connectivity index (χ3v) is 2.69. The molecule has 1 amide bonds. The third-order valence-electron chi connectivity index (χ3n) is 2.69. The lowest BCUT2D eigenvalue weighted by Crippen LogP contribution is -2.42. The number of nitrogens with zero attached hydrogens (tertiary/aromatic N) is 1. The second-order valence-electron chi connectivity index (χ2n) is 5.35. The molecule has 0 saturated carbocycles. The molecule has 2 atom stereocenters. The van der Waals surface area contributed by atoms with Crippen LogP contribution in [-0.2, 0) is 14.3 Å². The number of carbonyl (C=O) groups excluding carboxylic acids is 2. The zero-order valence-electron chi connectivity index (χ0n) is 11.1. The van der Waals surface area contributed by atoms with Crippen molar-refractivity contribution in [3.63, 3.8) is 0 Å². The predicted octanol–water partition coefficient (Wildman–Crippen LogP) is 1.60. The van der Waals surface area contributed by atoms with E-state index in [1.165, 1.54) is 11.8 Å². The smallest absolute Gasteiger partial charge is 0.410 e. The molecule has 5 nitrogen and oxygen atoms in total. The number of rotatable bonds is 2. The Labute approximate surface area is 102 Å². The Bertz CT molecular complexity index is 308. The highest BCUT2D eigenvalue weighted by Crippen LogP contribution is 2.23. The fourth-order valence-corrected chi connectivity index (χ4v) is 1.88. The first-order chi connectivity index (χ1) is 7.74. The van der Waals surface area contributed by atoms with Gasteiger partial charge in [-0.3, -0.25) is 9.69 Å². The van der Waals surface area contributed by atoms with Gasteiger partial charge in [0.2, 0.25) is 0 Å². The van der Waals surface area contributed by atoms with E-state index in [4.69, 9.17) is 9.47 Å². The van der Waals surface area contributed by atoms with E-state index in [0.29, 0.717) is 13.0 Å². The third kappa shape index (κ3) is 3.70. The molecule has 0 unspecified atom stereocenters. The SMILES string of the molecule is CO[C@@H]1C[C@@H](C(C)=O)N(C(=O)OC(C)(C)C)C1. The fraction of sp³-hybridized carbons (Fsp3) is 0.833. The van der Waals surface area contributed by atoms with Gasteiger partial charge in [0.1, 0.15) is 5.60 Å². The Morgan fingerprint density at radius 1 is 1.29 bits per heavy atom. The first-order valence-electron chi connectivity index (χ1n) is 5.77. The molecule has 1 rings (SSSR count). The number of likely N-dealkylation sites (tertiary alicyclic amines) is 1. The minimum Gasteiger partial charge on any atom is -0.444 e. The van der Waals surface area contributed by atoms with Crippen molar-refractivity contribution in [1.29, 1.82) is 0 Å². The Morgan fingerprint density at radius 2 is 1.88 bits per heavy atom. The maximum absolute atomic E-state index is 11.9. The molecule has 0 N–H and O–H groups in total. The number of Topliss-reactive ketones (excluding diaryl/α,β-unsaturated/α-hetero) is 1. The van der Waals surface area contributed by atoms with Crippen molar-refractivity contribution in [2.75, 3.05) is 13.7 Å². The van der Waals surface area contributed by atoms with Gasteiger partial charge in [-0.25, -0.2) is 4.79 Å². The number of ketones is 1. The van der Waals surface area contributed by atoms with E-state index >= 15 is 0 Å².